The molecule has 0 saturated heterocycles. The first-order valence-corrected chi connectivity index (χ1v) is 43.4. The summed E-state index contributed by atoms with van der Waals surface area (Å²) in [5.74, 6) is 1.64. The summed E-state index contributed by atoms with van der Waals surface area (Å²) in [4.78, 5) is 18.7. The van der Waals surface area contributed by atoms with E-state index in [1.165, 1.54) is 75.2 Å². The van der Waals surface area contributed by atoms with Crippen molar-refractivity contribution in [2.24, 2.45) is 0 Å². The van der Waals surface area contributed by atoms with E-state index in [1.807, 2.05) is 72.0 Å². The lowest BCUT2D eigenvalue weighted by atomic mass is 10.0. The van der Waals surface area contributed by atoms with Gasteiger partial charge in [0.05, 0.1) is 60.2 Å². The van der Waals surface area contributed by atoms with Gasteiger partial charge in [0, 0.05) is 107 Å². The molecule has 598 valence electrons. The minimum absolute atomic E-state index is 0.717. The standard InChI is InChI=1S/C40H27N3O.C38H24N4S.C35H22N4O/c1-3-11-30(12-4-1)41(31-13-5-2-6-14-31)32-23-19-28(20-24-32)29-21-25-33(26-22-29)42-36-16-8-7-15-34(36)35-27-39-43(40(35)42)37-17-9-10-18-38(37)44-39;1-3-12-25(13-4-1)31-24-32(40-37(39-31)26-14-5-2-6-15-26)27-16-11-17-28(22-27)41-33-19-8-7-18-29(33)30-23-36-42(38(30)41)34-20-9-10-21-35(34)43-36;1-2-10-24(11-3-1)37-30-15-7-5-13-28(30)36-34(37)23-18-20-25(21-19-23)38-29-14-6-4-12-26(29)27-22-33-39(35(27)38)31-16-8-9-17-32(31)40-33/h1-27H;1-24H;1-22H. The maximum Gasteiger partial charge on any atom is 0.207 e. The largest absolute Gasteiger partial charge is 0.438 e. The normalized spacial score (nSPS) is 11.8. The smallest absolute Gasteiger partial charge is 0.207 e. The van der Waals surface area contributed by atoms with E-state index in [9.17, 15) is 0 Å². The summed E-state index contributed by atoms with van der Waals surface area (Å²) < 4.78 is 30.0. The zero-order valence-electron chi connectivity index (χ0n) is 68.3. The number of thiazole rings is 1. The van der Waals surface area contributed by atoms with Gasteiger partial charge >= 0.3 is 0 Å². The first kappa shape index (κ1) is 72.7. The average Bonchev–Trinajstić information content (AvgIpc) is 1.55. The molecule has 0 amide bonds. The molecule has 13 nitrogen and oxygen atoms in total. The molecule has 127 heavy (non-hydrogen) atoms. The van der Waals surface area contributed by atoms with Gasteiger partial charge in [0.25, 0.3) is 0 Å². The SMILES string of the molecule is c1ccc(-c2cc(-c3cccc(-n4c5ccccc5c5cc6sc7ccccc7n6c54)c3)nc(-c3ccccc3)n2)cc1.c1ccc(-n2c(-c3ccc(-n4c5ccccc5c5cc6oc7ccccc7n6c54)cc3)nc3ccccc32)cc1.c1ccc(N(c2ccccc2)c2ccc(-c3ccc(-n4c5ccccc5c5cc6oc7ccccc7n6c54)cc3)cc2)cc1. The molecule has 11 aromatic heterocycles. The molecule has 0 N–H and O–H groups in total. The van der Waals surface area contributed by atoms with Gasteiger partial charge in [-0.05, 0) is 187 Å². The molecule has 0 aliphatic heterocycles. The lowest BCUT2D eigenvalue weighted by Gasteiger charge is -2.25. The molecular formula is C113H73N11O2S. The molecule has 0 saturated carbocycles. The van der Waals surface area contributed by atoms with Crippen LogP contribution in [0.4, 0.5) is 17.1 Å². The van der Waals surface area contributed by atoms with Crippen molar-refractivity contribution in [2.75, 3.05) is 4.90 Å². The fraction of sp³-hybridized carbons (Fsp3) is 0. The van der Waals surface area contributed by atoms with Gasteiger partial charge < -0.3 is 13.7 Å². The van der Waals surface area contributed by atoms with Crippen LogP contribution in [0.15, 0.2) is 452 Å². The third-order valence-corrected chi connectivity index (χ3v) is 25.6. The van der Waals surface area contributed by atoms with Gasteiger partial charge in [-0.25, -0.2) is 15.0 Å². The van der Waals surface area contributed by atoms with Crippen molar-refractivity contribution in [2.45, 2.75) is 0 Å². The number of imidazole rings is 1. The summed E-state index contributed by atoms with van der Waals surface area (Å²) >= 11 is 1.84. The Hall–Kier alpha value is -17.1. The second-order valence-corrected chi connectivity index (χ2v) is 33.0. The highest BCUT2D eigenvalue weighted by molar-refractivity contribution is 7.24. The zero-order valence-corrected chi connectivity index (χ0v) is 69.1. The van der Waals surface area contributed by atoms with Crippen LogP contribution in [0.25, 0.3) is 205 Å². The Morgan fingerprint density at radius 2 is 0.630 bits per heavy atom. The van der Waals surface area contributed by atoms with Crippen molar-refractivity contribution in [3.05, 3.63) is 443 Å². The monoisotopic (exact) mass is 1650 g/mol. The topological polar surface area (TPSA) is 101 Å². The number of aromatic nitrogens is 10. The van der Waals surface area contributed by atoms with Gasteiger partial charge in [-0.15, -0.1) is 11.3 Å². The molecule has 27 aromatic rings. The first-order valence-electron chi connectivity index (χ1n) is 42.6. The van der Waals surface area contributed by atoms with E-state index in [2.05, 4.69) is 419 Å². The van der Waals surface area contributed by atoms with E-state index in [1.54, 1.807) is 0 Å². The highest BCUT2D eigenvalue weighted by atomic mass is 32.1. The van der Waals surface area contributed by atoms with E-state index in [0.717, 1.165) is 141 Å². The Balaban J connectivity index is 0.000000104. The van der Waals surface area contributed by atoms with Crippen molar-refractivity contribution < 1.29 is 8.83 Å². The molecule has 0 spiro atoms. The van der Waals surface area contributed by atoms with Crippen molar-refractivity contribution in [1.29, 1.82) is 0 Å². The number of oxazole rings is 2. The van der Waals surface area contributed by atoms with Crippen LogP contribution in [-0.4, -0.2) is 46.4 Å². The molecule has 0 aliphatic carbocycles. The van der Waals surface area contributed by atoms with Crippen LogP contribution in [0.1, 0.15) is 0 Å². The summed E-state index contributed by atoms with van der Waals surface area (Å²) in [6, 6.07) is 155. The summed E-state index contributed by atoms with van der Waals surface area (Å²) in [6.07, 6.45) is 0. The Labute approximate surface area is 731 Å². The molecule has 0 unspecified atom stereocenters. The Morgan fingerprint density at radius 1 is 0.236 bits per heavy atom. The predicted molar refractivity (Wildman–Crippen MR) is 522 cm³/mol. The number of fused-ring (bicyclic) bond motifs is 22. The molecule has 14 heteroatoms. The number of hydrogen-bond acceptors (Lipinski definition) is 7. The average molecular weight is 1650 g/mol. The molecular weight excluding hydrogens is 1580 g/mol. The van der Waals surface area contributed by atoms with Gasteiger partial charge in [-0.2, -0.15) is 0 Å². The minimum atomic E-state index is 0.717. The van der Waals surface area contributed by atoms with Crippen LogP contribution < -0.4 is 4.90 Å². The Morgan fingerprint density at radius 3 is 1.19 bits per heavy atom. The fourth-order valence-corrected chi connectivity index (χ4v) is 19.9. The van der Waals surface area contributed by atoms with Gasteiger partial charge in [0.2, 0.25) is 11.4 Å². The summed E-state index contributed by atoms with van der Waals surface area (Å²) in [5, 5.41) is 7.29. The van der Waals surface area contributed by atoms with Crippen LogP contribution in [0.3, 0.4) is 0 Å². The third-order valence-electron chi connectivity index (χ3n) is 24.5. The second kappa shape index (κ2) is 29.9. The van der Waals surface area contributed by atoms with Crippen LogP contribution in [-0.2, 0) is 0 Å². The van der Waals surface area contributed by atoms with E-state index in [-0.39, 0.29) is 0 Å². The number of benzene rings is 16. The summed E-state index contributed by atoms with van der Waals surface area (Å²) in [7, 11) is 0. The van der Waals surface area contributed by atoms with Gasteiger partial charge in [-0.3, -0.25) is 31.5 Å². The van der Waals surface area contributed by atoms with Gasteiger partial charge in [-0.1, -0.05) is 255 Å². The lowest BCUT2D eigenvalue weighted by molar-refractivity contribution is 0.656. The molecule has 0 radical (unpaired) electrons. The van der Waals surface area contributed by atoms with Gasteiger partial charge in [0.15, 0.2) is 17.0 Å². The maximum atomic E-state index is 6.24. The van der Waals surface area contributed by atoms with Crippen molar-refractivity contribution in [3.63, 3.8) is 0 Å². The van der Waals surface area contributed by atoms with E-state index in [4.69, 9.17) is 23.8 Å². The third kappa shape index (κ3) is 12.2. The molecule has 27 rings (SSSR count). The van der Waals surface area contributed by atoms with Crippen LogP contribution >= 0.6 is 11.3 Å². The van der Waals surface area contributed by atoms with Crippen LogP contribution in [0.5, 0.6) is 0 Å². The quantitative estimate of drug-likeness (QED) is 0.121. The number of nitrogens with zero attached hydrogens (tertiary/aromatic N) is 11. The predicted octanol–water partition coefficient (Wildman–Crippen LogP) is 29.8. The highest BCUT2D eigenvalue weighted by Gasteiger charge is 2.26. The molecule has 0 bridgehead atoms. The van der Waals surface area contributed by atoms with Crippen molar-refractivity contribution >= 4 is 154 Å². The minimum Gasteiger partial charge on any atom is -0.438 e. The zero-order chi connectivity index (χ0) is 83.6. The van der Waals surface area contributed by atoms with Crippen LogP contribution in [0, 0.1) is 0 Å². The van der Waals surface area contributed by atoms with E-state index >= 15 is 0 Å². The first-order chi connectivity index (χ1) is 63.0. The van der Waals surface area contributed by atoms with Gasteiger partial charge in [0.1, 0.15) is 27.6 Å². The number of para-hydroxylation sites is 13. The Bertz CT molecular complexity index is 8780. The molecule has 0 fully saturated rings. The number of hydrogen-bond donors (Lipinski definition) is 0. The molecule has 11 heterocycles. The van der Waals surface area contributed by atoms with Crippen molar-refractivity contribution in [3.8, 4) is 79.2 Å². The molecule has 16 aromatic carbocycles. The maximum absolute atomic E-state index is 6.24. The Kier molecular flexibility index (Phi) is 17.1. The van der Waals surface area contributed by atoms with E-state index in [0.29, 0.717) is 5.82 Å². The second-order valence-electron chi connectivity index (χ2n) is 31.9. The summed E-state index contributed by atoms with van der Waals surface area (Å²) in [5.41, 5.74) is 31.9. The highest BCUT2D eigenvalue weighted by Crippen LogP contribution is 2.45. The fourth-order valence-electron chi connectivity index (χ4n) is 18.8. The van der Waals surface area contributed by atoms with E-state index < -0.39 is 0 Å². The number of anilines is 3. The lowest BCUT2D eigenvalue weighted by Crippen LogP contribution is -2.09. The van der Waals surface area contributed by atoms with Crippen LogP contribution in [0.2, 0.25) is 0 Å². The van der Waals surface area contributed by atoms with Crippen molar-refractivity contribution in [1.82, 2.24) is 46.4 Å². The summed E-state index contributed by atoms with van der Waals surface area (Å²) in [6.45, 7) is 0. The molecule has 0 aliphatic rings. The molecule has 0 atom stereocenters. The number of rotatable bonds is 12.